The molecule has 0 radical (unpaired) electrons. The van der Waals surface area contributed by atoms with Gasteiger partial charge < -0.3 is 10.1 Å². The summed E-state index contributed by atoms with van der Waals surface area (Å²) in [5.74, 6) is 0.187. The summed E-state index contributed by atoms with van der Waals surface area (Å²) in [4.78, 5) is 12.7. The first kappa shape index (κ1) is 24.3. The third kappa shape index (κ3) is 4.98. The van der Waals surface area contributed by atoms with Crippen LogP contribution >= 0.6 is 15.9 Å². The highest BCUT2D eigenvalue weighted by Crippen LogP contribution is 2.33. The highest BCUT2D eigenvalue weighted by Gasteiger charge is 2.29. The van der Waals surface area contributed by atoms with Crippen LogP contribution in [0.25, 0.3) is 0 Å². The van der Waals surface area contributed by atoms with Crippen LogP contribution in [0.4, 0.5) is 11.4 Å². The van der Waals surface area contributed by atoms with E-state index < -0.39 is 10.0 Å². The van der Waals surface area contributed by atoms with Gasteiger partial charge in [0.2, 0.25) is 0 Å². The topological polar surface area (TPSA) is 75.7 Å². The summed E-state index contributed by atoms with van der Waals surface area (Å²) >= 11 is 3.45. The van der Waals surface area contributed by atoms with E-state index in [1.165, 1.54) is 10.4 Å². The van der Waals surface area contributed by atoms with E-state index in [0.29, 0.717) is 17.9 Å². The van der Waals surface area contributed by atoms with Crippen molar-refractivity contribution < 1.29 is 17.9 Å². The molecule has 34 heavy (non-hydrogen) atoms. The average molecular weight is 543 g/mol. The Balaban J connectivity index is 1.47. The van der Waals surface area contributed by atoms with Gasteiger partial charge >= 0.3 is 0 Å². The number of rotatable bonds is 6. The molecule has 1 heterocycles. The number of sulfonamides is 1. The molecule has 3 aromatic rings. The molecule has 0 atom stereocenters. The van der Waals surface area contributed by atoms with Crippen LogP contribution < -0.4 is 14.4 Å². The Hall–Kier alpha value is -2.84. The number of halogens is 1. The molecule has 1 N–H and O–H groups in total. The number of aryl methyl sites for hydroxylation is 4. The van der Waals surface area contributed by atoms with Gasteiger partial charge in [0.25, 0.3) is 15.9 Å². The zero-order valence-corrected chi connectivity index (χ0v) is 21.8. The molecule has 3 aromatic carbocycles. The Morgan fingerprint density at radius 3 is 2.44 bits per heavy atom. The first-order chi connectivity index (χ1) is 16.2. The Bertz CT molecular complexity index is 1330. The minimum Gasteiger partial charge on any atom is -0.483 e. The molecule has 6 nitrogen and oxygen atoms in total. The third-order valence-electron chi connectivity index (χ3n) is 5.92. The molecule has 0 fully saturated rings. The second-order valence-electron chi connectivity index (χ2n) is 8.49. The molecule has 178 valence electrons. The van der Waals surface area contributed by atoms with Crippen LogP contribution in [0.15, 0.2) is 64.0 Å². The molecule has 1 aliphatic heterocycles. The third-order valence-corrected chi connectivity index (χ3v) is 8.19. The van der Waals surface area contributed by atoms with E-state index in [0.717, 1.165) is 45.4 Å². The van der Waals surface area contributed by atoms with Crippen LogP contribution in [0.5, 0.6) is 5.75 Å². The molecule has 4 rings (SSSR count). The van der Waals surface area contributed by atoms with E-state index in [1.54, 1.807) is 19.1 Å². The van der Waals surface area contributed by atoms with Crippen LogP contribution in [0.2, 0.25) is 0 Å². The largest absolute Gasteiger partial charge is 0.483 e. The number of amides is 1. The van der Waals surface area contributed by atoms with E-state index in [9.17, 15) is 13.2 Å². The molecular formula is C26H27BrN2O4S. The molecule has 0 saturated carbocycles. The molecule has 1 amide bonds. The lowest BCUT2D eigenvalue weighted by Gasteiger charge is -2.30. The van der Waals surface area contributed by atoms with Crippen molar-refractivity contribution in [2.75, 3.05) is 22.8 Å². The molecule has 0 spiro atoms. The fraction of sp³-hybridized carbons (Fsp3) is 0.269. The molecule has 0 unspecified atom stereocenters. The lowest BCUT2D eigenvalue weighted by Crippen LogP contribution is -2.35. The average Bonchev–Trinajstić information content (AvgIpc) is 2.80. The second-order valence-corrected chi connectivity index (χ2v) is 11.3. The maximum Gasteiger partial charge on any atom is 0.264 e. The van der Waals surface area contributed by atoms with Gasteiger partial charge in [0.15, 0.2) is 6.61 Å². The highest BCUT2D eigenvalue weighted by atomic mass is 79.9. The van der Waals surface area contributed by atoms with Gasteiger partial charge in [-0.15, -0.1) is 0 Å². The number of fused-ring (bicyclic) bond motifs is 1. The molecule has 0 aromatic heterocycles. The Labute approximate surface area is 209 Å². The Kier molecular flexibility index (Phi) is 7.00. The molecule has 0 aliphatic carbocycles. The van der Waals surface area contributed by atoms with Crippen LogP contribution in [0.1, 0.15) is 28.7 Å². The van der Waals surface area contributed by atoms with E-state index in [4.69, 9.17) is 4.74 Å². The van der Waals surface area contributed by atoms with Crippen LogP contribution in [-0.2, 0) is 21.2 Å². The zero-order chi connectivity index (χ0) is 24.5. The monoisotopic (exact) mass is 542 g/mol. The number of benzene rings is 3. The summed E-state index contributed by atoms with van der Waals surface area (Å²) in [6, 6.07) is 16.2. The predicted molar refractivity (Wildman–Crippen MR) is 138 cm³/mol. The SMILES string of the molecule is Cc1cc(S(=O)(=O)N2CCCc3ccccc32)ccc1OCC(=O)Nc1c(C)cc(Br)cc1C. The number of para-hydroxylation sites is 1. The first-order valence-electron chi connectivity index (χ1n) is 11.1. The minimum absolute atomic E-state index is 0.179. The first-order valence-corrected chi connectivity index (χ1v) is 13.3. The van der Waals surface area contributed by atoms with E-state index in [1.807, 2.05) is 50.2 Å². The van der Waals surface area contributed by atoms with Crippen molar-refractivity contribution in [3.8, 4) is 5.75 Å². The van der Waals surface area contributed by atoms with E-state index >= 15 is 0 Å². The normalized spacial score (nSPS) is 13.4. The lowest BCUT2D eigenvalue weighted by atomic mass is 10.0. The van der Waals surface area contributed by atoms with Gasteiger partial charge in [-0.3, -0.25) is 9.10 Å². The van der Waals surface area contributed by atoms with Crippen LogP contribution in [-0.4, -0.2) is 27.5 Å². The molecular weight excluding hydrogens is 516 g/mol. The number of ether oxygens (including phenoxy) is 1. The highest BCUT2D eigenvalue weighted by molar-refractivity contribution is 9.10. The summed E-state index contributed by atoms with van der Waals surface area (Å²) in [5, 5.41) is 2.90. The maximum absolute atomic E-state index is 13.4. The molecule has 8 heteroatoms. The van der Waals surface area contributed by atoms with Crippen molar-refractivity contribution in [2.24, 2.45) is 0 Å². The smallest absolute Gasteiger partial charge is 0.264 e. The van der Waals surface area contributed by atoms with Crippen molar-refractivity contribution in [3.05, 3.63) is 81.3 Å². The van der Waals surface area contributed by atoms with Gasteiger partial charge in [-0.05, 0) is 92.3 Å². The summed E-state index contributed by atoms with van der Waals surface area (Å²) in [6.07, 6.45) is 1.65. The number of hydrogen-bond acceptors (Lipinski definition) is 4. The van der Waals surface area contributed by atoms with Gasteiger partial charge in [0.1, 0.15) is 5.75 Å². The molecule has 0 saturated heterocycles. The van der Waals surface area contributed by atoms with Crippen molar-refractivity contribution >= 4 is 43.2 Å². The van der Waals surface area contributed by atoms with Crippen LogP contribution in [0.3, 0.4) is 0 Å². The molecule has 0 bridgehead atoms. The summed E-state index contributed by atoms with van der Waals surface area (Å²) in [6.45, 7) is 5.91. The Morgan fingerprint density at radius 2 is 1.74 bits per heavy atom. The summed E-state index contributed by atoms with van der Waals surface area (Å²) in [7, 11) is -3.71. The number of nitrogens with zero attached hydrogens (tertiary/aromatic N) is 1. The lowest BCUT2D eigenvalue weighted by molar-refractivity contribution is -0.118. The standard InChI is InChI=1S/C26H27BrN2O4S/c1-17-15-22(34(31,32)29-12-6-8-20-7-4-5-9-23(20)29)10-11-24(17)33-16-25(30)28-26-18(2)13-21(27)14-19(26)3/h4-5,7,9-11,13-15H,6,8,12,16H2,1-3H3,(H,28,30). The fourth-order valence-corrected chi connectivity index (χ4v) is 6.56. The Morgan fingerprint density at radius 1 is 1.03 bits per heavy atom. The van der Waals surface area contributed by atoms with Gasteiger partial charge in [-0.25, -0.2) is 8.42 Å². The van der Waals surface area contributed by atoms with Crippen molar-refractivity contribution in [1.82, 2.24) is 0 Å². The second kappa shape index (κ2) is 9.80. The van der Waals surface area contributed by atoms with E-state index in [-0.39, 0.29) is 17.4 Å². The van der Waals surface area contributed by atoms with Crippen molar-refractivity contribution in [1.29, 1.82) is 0 Å². The van der Waals surface area contributed by atoms with Crippen molar-refractivity contribution in [2.45, 2.75) is 38.5 Å². The zero-order valence-electron chi connectivity index (χ0n) is 19.4. The predicted octanol–water partition coefficient (Wildman–Crippen LogP) is 5.53. The van der Waals surface area contributed by atoms with E-state index in [2.05, 4.69) is 21.2 Å². The number of nitrogens with one attached hydrogen (secondary N) is 1. The fourth-order valence-electron chi connectivity index (χ4n) is 4.25. The summed E-state index contributed by atoms with van der Waals surface area (Å²) in [5.41, 5.74) is 5.08. The number of carbonyl (C=O) groups excluding carboxylic acids is 1. The quantitative estimate of drug-likeness (QED) is 0.444. The molecule has 1 aliphatic rings. The number of anilines is 2. The minimum atomic E-state index is -3.71. The maximum atomic E-state index is 13.4. The number of carbonyl (C=O) groups is 1. The van der Waals surface area contributed by atoms with Gasteiger partial charge in [-0.1, -0.05) is 34.1 Å². The van der Waals surface area contributed by atoms with Gasteiger partial charge in [0, 0.05) is 16.7 Å². The van der Waals surface area contributed by atoms with Gasteiger partial charge in [-0.2, -0.15) is 0 Å². The van der Waals surface area contributed by atoms with Crippen LogP contribution in [0, 0.1) is 20.8 Å². The van der Waals surface area contributed by atoms with Crippen molar-refractivity contribution in [3.63, 3.8) is 0 Å². The number of hydrogen-bond donors (Lipinski definition) is 1. The van der Waals surface area contributed by atoms with Gasteiger partial charge in [0.05, 0.1) is 10.6 Å². The summed E-state index contributed by atoms with van der Waals surface area (Å²) < 4.78 is 34.9.